The monoisotopic (exact) mass is 1000 g/mol. The van der Waals surface area contributed by atoms with E-state index in [4.69, 9.17) is 14.2 Å². The van der Waals surface area contributed by atoms with Crippen LogP contribution in [0.25, 0.3) is 0 Å². The number of carbonyl (C=O) groups is 3. The van der Waals surface area contributed by atoms with Crippen LogP contribution in [-0.4, -0.2) is 37.2 Å². The van der Waals surface area contributed by atoms with Crippen LogP contribution in [0.5, 0.6) is 0 Å². The highest BCUT2D eigenvalue weighted by Crippen LogP contribution is 2.19. The normalized spacial score (nSPS) is 12.0. The molecule has 0 heterocycles. The van der Waals surface area contributed by atoms with Gasteiger partial charge >= 0.3 is 17.9 Å². The van der Waals surface area contributed by atoms with Crippen LogP contribution < -0.4 is 0 Å². The van der Waals surface area contributed by atoms with Crippen molar-refractivity contribution in [2.24, 2.45) is 11.8 Å². The summed E-state index contributed by atoms with van der Waals surface area (Å²) in [6.45, 7) is 11.5. The van der Waals surface area contributed by atoms with Crippen molar-refractivity contribution in [2.75, 3.05) is 13.2 Å². The van der Waals surface area contributed by atoms with E-state index in [0.29, 0.717) is 19.3 Å². The third-order valence-corrected chi connectivity index (χ3v) is 15.0. The van der Waals surface area contributed by atoms with Crippen LogP contribution in [0, 0.1) is 11.8 Å². The Morgan fingerprint density at radius 1 is 0.268 bits per heavy atom. The zero-order valence-corrected chi connectivity index (χ0v) is 48.9. The molecule has 0 spiro atoms. The van der Waals surface area contributed by atoms with Gasteiger partial charge in [-0.15, -0.1) is 0 Å². The highest BCUT2D eigenvalue weighted by molar-refractivity contribution is 5.71. The summed E-state index contributed by atoms with van der Waals surface area (Å²) in [6, 6.07) is 0. The van der Waals surface area contributed by atoms with Gasteiger partial charge in [-0.25, -0.2) is 0 Å². The molecule has 6 nitrogen and oxygen atoms in total. The standard InChI is InChI=1S/C65H126O6/c1-6-7-8-9-10-11-12-13-14-20-27-32-37-42-47-52-57-65(68)71-62(59-70-64(67)56-51-46-41-36-31-26-22-17-19-24-29-34-39-44-49-54-61(4)5)58-69-63(66)55-50-45-40-35-30-25-21-16-15-18-23-28-33-38-43-48-53-60(2)3/h60-62H,6-59H2,1-5H3/t62-/m1/s1. The minimum absolute atomic E-state index is 0.0617. The molecule has 71 heavy (non-hydrogen) atoms. The summed E-state index contributed by atoms with van der Waals surface area (Å²) in [4.78, 5) is 38.3. The van der Waals surface area contributed by atoms with E-state index in [2.05, 4.69) is 34.6 Å². The summed E-state index contributed by atoms with van der Waals surface area (Å²) < 4.78 is 17.0. The van der Waals surface area contributed by atoms with Crippen LogP contribution in [0.4, 0.5) is 0 Å². The summed E-state index contributed by atoms with van der Waals surface area (Å²) in [7, 11) is 0. The van der Waals surface area contributed by atoms with Gasteiger partial charge in [0, 0.05) is 19.3 Å². The number of carbonyl (C=O) groups excluding carboxylic acids is 3. The topological polar surface area (TPSA) is 78.9 Å². The lowest BCUT2D eigenvalue weighted by molar-refractivity contribution is -0.167. The molecular weight excluding hydrogens is 877 g/mol. The van der Waals surface area contributed by atoms with E-state index in [9.17, 15) is 14.4 Å². The molecule has 0 saturated carbocycles. The molecule has 0 aliphatic rings. The summed E-state index contributed by atoms with van der Waals surface area (Å²) in [6.07, 6.45) is 63.9. The average Bonchev–Trinajstić information content (AvgIpc) is 3.35. The van der Waals surface area contributed by atoms with Crippen LogP contribution in [0.3, 0.4) is 0 Å². The smallest absolute Gasteiger partial charge is 0.306 e. The van der Waals surface area contributed by atoms with Gasteiger partial charge in [0.2, 0.25) is 0 Å². The molecular formula is C65H126O6. The lowest BCUT2D eigenvalue weighted by Gasteiger charge is -2.18. The molecule has 0 aromatic rings. The van der Waals surface area contributed by atoms with E-state index in [1.807, 2.05) is 0 Å². The summed E-state index contributed by atoms with van der Waals surface area (Å²) >= 11 is 0. The molecule has 0 N–H and O–H groups in total. The van der Waals surface area contributed by atoms with Gasteiger partial charge in [-0.1, -0.05) is 330 Å². The molecule has 0 aliphatic carbocycles. The maximum atomic E-state index is 12.9. The van der Waals surface area contributed by atoms with Crippen molar-refractivity contribution in [3.05, 3.63) is 0 Å². The molecule has 0 bridgehead atoms. The first-order valence-electron chi connectivity index (χ1n) is 32.2. The molecule has 0 amide bonds. The van der Waals surface area contributed by atoms with Crippen molar-refractivity contribution >= 4 is 17.9 Å². The second kappa shape index (κ2) is 57.7. The average molecular weight is 1000 g/mol. The van der Waals surface area contributed by atoms with E-state index >= 15 is 0 Å². The molecule has 0 unspecified atom stereocenters. The van der Waals surface area contributed by atoms with E-state index in [-0.39, 0.29) is 31.1 Å². The first kappa shape index (κ1) is 69.4. The Morgan fingerprint density at radius 2 is 0.465 bits per heavy atom. The van der Waals surface area contributed by atoms with Crippen molar-refractivity contribution < 1.29 is 28.6 Å². The van der Waals surface area contributed by atoms with Crippen molar-refractivity contribution in [2.45, 2.75) is 375 Å². The third kappa shape index (κ3) is 59.2. The second-order valence-electron chi connectivity index (χ2n) is 23.4. The largest absolute Gasteiger partial charge is 0.462 e. The maximum absolute atomic E-state index is 12.9. The minimum atomic E-state index is -0.763. The van der Waals surface area contributed by atoms with Crippen LogP contribution >= 0.6 is 0 Å². The zero-order valence-electron chi connectivity index (χ0n) is 48.9. The lowest BCUT2D eigenvalue weighted by atomic mass is 10.0. The van der Waals surface area contributed by atoms with Crippen LogP contribution in [0.2, 0.25) is 0 Å². The molecule has 0 saturated heterocycles. The third-order valence-electron chi connectivity index (χ3n) is 15.0. The Hall–Kier alpha value is -1.59. The predicted molar refractivity (Wildman–Crippen MR) is 307 cm³/mol. The Bertz CT molecular complexity index is 1090. The first-order chi connectivity index (χ1) is 34.7. The van der Waals surface area contributed by atoms with Crippen LogP contribution in [0.15, 0.2) is 0 Å². The van der Waals surface area contributed by atoms with Gasteiger partial charge in [0.25, 0.3) is 0 Å². The Balaban J connectivity index is 4.28. The molecule has 1 atom stereocenters. The van der Waals surface area contributed by atoms with Crippen molar-refractivity contribution in [3.63, 3.8) is 0 Å². The zero-order chi connectivity index (χ0) is 51.8. The second-order valence-corrected chi connectivity index (χ2v) is 23.4. The van der Waals surface area contributed by atoms with E-state index < -0.39 is 6.10 Å². The van der Waals surface area contributed by atoms with Gasteiger partial charge in [0.15, 0.2) is 6.10 Å². The summed E-state index contributed by atoms with van der Waals surface area (Å²) in [5.74, 6) is 0.872. The van der Waals surface area contributed by atoms with Gasteiger partial charge in [0.1, 0.15) is 13.2 Å². The molecule has 0 aromatic carbocycles. The van der Waals surface area contributed by atoms with Gasteiger partial charge < -0.3 is 14.2 Å². The number of rotatable bonds is 59. The SMILES string of the molecule is CCCCCCCCCCCCCCCCCCC(=O)O[C@H](COC(=O)CCCCCCCCCCCCCCCCCCC(C)C)COC(=O)CCCCCCCCCCCCCCCCCC(C)C. The Morgan fingerprint density at radius 3 is 0.690 bits per heavy atom. The van der Waals surface area contributed by atoms with Crippen molar-refractivity contribution in [3.8, 4) is 0 Å². The van der Waals surface area contributed by atoms with Crippen molar-refractivity contribution in [1.82, 2.24) is 0 Å². The van der Waals surface area contributed by atoms with E-state index in [0.717, 1.165) is 69.6 Å². The number of esters is 3. The van der Waals surface area contributed by atoms with Gasteiger partial charge in [-0.3, -0.25) is 14.4 Å². The van der Waals surface area contributed by atoms with Crippen LogP contribution in [-0.2, 0) is 28.6 Å². The Kier molecular flexibility index (Phi) is 56.4. The molecule has 0 rings (SSSR count). The molecule has 0 aliphatic heterocycles. The van der Waals surface area contributed by atoms with Gasteiger partial charge in [0.05, 0.1) is 0 Å². The molecule has 0 aromatic heterocycles. The predicted octanol–water partition coefficient (Wildman–Crippen LogP) is 21.6. The highest BCUT2D eigenvalue weighted by atomic mass is 16.6. The fourth-order valence-corrected chi connectivity index (χ4v) is 10.1. The number of hydrogen-bond donors (Lipinski definition) is 0. The number of ether oxygens (including phenoxy) is 3. The lowest BCUT2D eigenvalue weighted by Crippen LogP contribution is -2.30. The number of hydrogen-bond acceptors (Lipinski definition) is 6. The Labute approximate surface area is 444 Å². The maximum Gasteiger partial charge on any atom is 0.306 e. The fraction of sp³-hybridized carbons (Fsp3) is 0.954. The van der Waals surface area contributed by atoms with E-state index in [1.54, 1.807) is 0 Å². The van der Waals surface area contributed by atoms with Gasteiger partial charge in [-0.05, 0) is 31.1 Å². The molecule has 422 valence electrons. The van der Waals surface area contributed by atoms with E-state index in [1.165, 1.54) is 257 Å². The first-order valence-corrected chi connectivity index (χ1v) is 32.2. The summed E-state index contributed by atoms with van der Waals surface area (Å²) in [5, 5.41) is 0. The number of unbranched alkanes of at least 4 members (excludes halogenated alkanes) is 44. The van der Waals surface area contributed by atoms with Crippen molar-refractivity contribution in [1.29, 1.82) is 0 Å². The quantitative estimate of drug-likeness (QED) is 0.0343. The molecule has 0 radical (unpaired) electrons. The van der Waals surface area contributed by atoms with Crippen LogP contribution in [0.1, 0.15) is 369 Å². The molecule has 0 fully saturated rings. The summed E-state index contributed by atoms with van der Waals surface area (Å²) in [5.41, 5.74) is 0. The van der Waals surface area contributed by atoms with Gasteiger partial charge in [-0.2, -0.15) is 0 Å². The fourth-order valence-electron chi connectivity index (χ4n) is 10.1. The molecule has 6 heteroatoms. The minimum Gasteiger partial charge on any atom is -0.462 e. The highest BCUT2D eigenvalue weighted by Gasteiger charge is 2.19.